The molecule has 62 valence electrons. The van der Waals surface area contributed by atoms with Crippen molar-refractivity contribution in [1.29, 1.82) is 4.78 Å². The van der Waals surface area contributed by atoms with Gasteiger partial charge in [-0.1, -0.05) is 0 Å². The first-order valence-corrected chi connectivity index (χ1v) is 5.54. The number of nitrogens with one attached hydrogen (secondary N) is 1. The first kappa shape index (κ1) is 8.70. The second kappa shape index (κ2) is 2.58. The van der Waals surface area contributed by atoms with Crippen molar-refractivity contribution in [2.24, 2.45) is 5.14 Å². The SMILES string of the molecule is Cc1csc(S(=N)(N)=O)c1C. The van der Waals surface area contributed by atoms with Gasteiger partial charge in [-0.05, 0) is 30.4 Å². The van der Waals surface area contributed by atoms with Crippen molar-refractivity contribution in [3.63, 3.8) is 0 Å². The Morgan fingerprint density at radius 3 is 2.36 bits per heavy atom. The quantitative estimate of drug-likeness (QED) is 0.694. The first-order chi connectivity index (χ1) is 4.93. The van der Waals surface area contributed by atoms with E-state index >= 15 is 0 Å². The minimum Gasteiger partial charge on any atom is -0.241 e. The molecule has 1 heterocycles. The lowest BCUT2D eigenvalue weighted by Crippen LogP contribution is -2.09. The molecule has 1 rings (SSSR count). The molecular formula is C6H10N2OS2. The van der Waals surface area contributed by atoms with Gasteiger partial charge in [-0.3, -0.25) is 0 Å². The number of hydrogen-bond acceptors (Lipinski definition) is 3. The molecule has 3 nitrogen and oxygen atoms in total. The van der Waals surface area contributed by atoms with E-state index in [1.54, 1.807) is 0 Å². The summed E-state index contributed by atoms with van der Waals surface area (Å²) in [6.07, 6.45) is 0. The van der Waals surface area contributed by atoms with Crippen LogP contribution >= 0.6 is 11.3 Å². The van der Waals surface area contributed by atoms with Gasteiger partial charge in [0.2, 0.25) is 0 Å². The van der Waals surface area contributed by atoms with Crippen molar-refractivity contribution in [3.05, 3.63) is 16.5 Å². The molecule has 0 spiro atoms. The number of hydrogen-bond donors (Lipinski definition) is 2. The van der Waals surface area contributed by atoms with E-state index in [9.17, 15) is 4.21 Å². The zero-order valence-electron chi connectivity index (χ0n) is 6.38. The molecule has 0 aromatic carbocycles. The average molecular weight is 190 g/mol. The molecule has 1 aromatic heterocycles. The molecule has 0 saturated carbocycles. The Bertz CT molecular complexity index is 364. The molecule has 0 fully saturated rings. The van der Waals surface area contributed by atoms with Gasteiger partial charge in [0, 0.05) is 0 Å². The van der Waals surface area contributed by atoms with Crippen LogP contribution in [0.25, 0.3) is 0 Å². The highest BCUT2D eigenvalue weighted by Gasteiger charge is 2.11. The van der Waals surface area contributed by atoms with Crippen LogP contribution in [0.1, 0.15) is 11.1 Å². The minimum atomic E-state index is -2.99. The predicted molar refractivity (Wildman–Crippen MR) is 47.1 cm³/mol. The lowest BCUT2D eigenvalue weighted by Gasteiger charge is -1.97. The van der Waals surface area contributed by atoms with Crippen LogP contribution in [-0.4, -0.2) is 4.21 Å². The Kier molecular flexibility index (Phi) is 2.04. The molecule has 0 bridgehead atoms. The molecule has 0 aliphatic heterocycles. The summed E-state index contributed by atoms with van der Waals surface area (Å²) in [4.78, 5) is 0. The molecule has 1 aromatic rings. The molecule has 5 heteroatoms. The van der Waals surface area contributed by atoms with Crippen molar-refractivity contribution in [1.82, 2.24) is 0 Å². The Hall–Kier alpha value is -0.390. The van der Waals surface area contributed by atoms with E-state index in [1.807, 2.05) is 19.2 Å². The Balaban J connectivity index is 3.38. The van der Waals surface area contributed by atoms with Gasteiger partial charge in [0.1, 0.15) is 14.1 Å². The molecule has 0 aliphatic carbocycles. The smallest absolute Gasteiger partial charge is 0.141 e. The third-order valence-corrected chi connectivity index (χ3v) is 4.40. The van der Waals surface area contributed by atoms with Crippen molar-refractivity contribution < 1.29 is 4.21 Å². The van der Waals surface area contributed by atoms with Gasteiger partial charge in [0.05, 0.1) is 0 Å². The lowest BCUT2D eigenvalue weighted by molar-refractivity contribution is 0.677. The third kappa shape index (κ3) is 1.61. The predicted octanol–water partition coefficient (Wildman–Crippen LogP) is 1.64. The third-order valence-electron chi connectivity index (χ3n) is 1.52. The average Bonchev–Trinajstić information content (AvgIpc) is 2.11. The van der Waals surface area contributed by atoms with Crippen LogP contribution in [-0.2, 0) is 9.92 Å². The molecule has 11 heavy (non-hydrogen) atoms. The number of aryl methyl sites for hydroxylation is 1. The second-order valence-corrected chi connectivity index (χ2v) is 5.18. The normalized spacial score (nSPS) is 16.3. The Labute approximate surface area is 70.3 Å². The fraction of sp³-hybridized carbons (Fsp3) is 0.333. The maximum Gasteiger partial charge on any atom is 0.141 e. The van der Waals surface area contributed by atoms with Gasteiger partial charge in [-0.2, -0.15) is 0 Å². The second-order valence-electron chi connectivity index (χ2n) is 2.43. The maximum absolute atomic E-state index is 11.1. The van der Waals surface area contributed by atoms with Crippen LogP contribution in [0, 0.1) is 18.6 Å². The topological polar surface area (TPSA) is 66.9 Å². The van der Waals surface area contributed by atoms with Crippen LogP contribution in [0.5, 0.6) is 0 Å². The van der Waals surface area contributed by atoms with Crippen LogP contribution < -0.4 is 5.14 Å². The standard InChI is InChI=1S/C6H10N2OS2/c1-4-3-10-6(5(4)2)11(7,8)9/h3H,1-2H3,(H3,7,8,9). The Morgan fingerprint density at radius 2 is 2.18 bits per heavy atom. The van der Waals surface area contributed by atoms with E-state index in [4.69, 9.17) is 9.92 Å². The maximum atomic E-state index is 11.1. The van der Waals surface area contributed by atoms with Crippen LogP contribution in [0.2, 0.25) is 0 Å². The monoisotopic (exact) mass is 190 g/mol. The fourth-order valence-electron chi connectivity index (χ4n) is 0.779. The number of nitrogens with two attached hydrogens (primary N) is 1. The van der Waals surface area contributed by atoms with Crippen LogP contribution in [0.15, 0.2) is 9.59 Å². The Morgan fingerprint density at radius 1 is 1.64 bits per heavy atom. The van der Waals surface area contributed by atoms with E-state index in [2.05, 4.69) is 0 Å². The van der Waals surface area contributed by atoms with Gasteiger partial charge >= 0.3 is 0 Å². The summed E-state index contributed by atoms with van der Waals surface area (Å²) in [6, 6.07) is 0. The van der Waals surface area contributed by atoms with Gasteiger partial charge in [0.15, 0.2) is 0 Å². The largest absolute Gasteiger partial charge is 0.241 e. The highest BCUT2D eigenvalue weighted by atomic mass is 32.2. The van der Waals surface area contributed by atoms with Crippen molar-refractivity contribution in [3.8, 4) is 0 Å². The van der Waals surface area contributed by atoms with E-state index in [1.165, 1.54) is 11.3 Å². The molecule has 0 aliphatic rings. The number of rotatable bonds is 1. The zero-order valence-corrected chi connectivity index (χ0v) is 8.01. The van der Waals surface area contributed by atoms with Crippen molar-refractivity contribution >= 4 is 21.3 Å². The summed E-state index contributed by atoms with van der Waals surface area (Å²) >= 11 is 1.30. The lowest BCUT2D eigenvalue weighted by atomic mass is 10.2. The molecule has 0 amide bonds. The summed E-state index contributed by atoms with van der Waals surface area (Å²) in [5, 5.41) is 7.04. The molecule has 1 atom stereocenters. The molecule has 1 unspecified atom stereocenters. The van der Waals surface area contributed by atoms with Gasteiger partial charge < -0.3 is 0 Å². The van der Waals surface area contributed by atoms with E-state index in [0.29, 0.717) is 4.21 Å². The van der Waals surface area contributed by atoms with Crippen molar-refractivity contribution in [2.75, 3.05) is 0 Å². The molecular weight excluding hydrogens is 180 g/mol. The molecule has 0 radical (unpaired) electrons. The van der Waals surface area contributed by atoms with Crippen molar-refractivity contribution in [2.45, 2.75) is 18.1 Å². The van der Waals surface area contributed by atoms with Gasteiger partial charge in [0.25, 0.3) is 0 Å². The summed E-state index contributed by atoms with van der Waals surface area (Å²) in [6.45, 7) is 3.75. The molecule has 3 N–H and O–H groups in total. The van der Waals surface area contributed by atoms with Gasteiger partial charge in [-0.25, -0.2) is 14.1 Å². The van der Waals surface area contributed by atoms with Crippen LogP contribution in [0.3, 0.4) is 0 Å². The van der Waals surface area contributed by atoms with Crippen LogP contribution in [0.4, 0.5) is 0 Å². The minimum absolute atomic E-state index is 0.495. The first-order valence-electron chi connectivity index (χ1n) is 3.04. The van der Waals surface area contributed by atoms with E-state index < -0.39 is 9.92 Å². The molecule has 0 saturated heterocycles. The highest BCUT2D eigenvalue weighted by molar-refractivity contribution is 7.92. The highest BCUT2D eigenvalue weighted by Crippen LogP contribution is 2.24. The summed E-state index contributed by atoms with van der Waals surface area (Å²) in [5.41, 5.74) is 1.94. The zero-order chi connectivity index (χ0) is 8.65. The van der Waals surface area contributed by atoms with E-state index in [-0.39, 0.29) is 0 Å². The summed E-state index contributed by atoms with van der Waals surface area (Å²) < 4.78 is 18.7. The van der Waals surface area contributed by atoms with Gasteiger partial charge in [-0.15, -0.1) is 11.3 Å². The summed E-state index contributed by atoms with van der Waals surface area (Å²) in [5.74, 6) is 0. The summed E-state index contributed by atoms with van der Waals surface area (Å²) in [7, 11) is -2.99. The van der Waals surface area contributed by atoms with E-state index in [0.717, 1.165) is 11.1 Å². The fourth-order valence-corrected chi connectivity index (χ4v) is 2.91. The number of thiophene rings is 1.